The van der Waals surface area contributed by atoms with Crippen molar-refractivity contribution < 1.29 is 4.39 Å². The van der Waals surface area contributed by atoms with Gasteiger partial charge in [0, 0.05) is 0 Å². The van der Waals surface area contributed by atoms with E-state index in [1.807, 2.05) is 0 Å². The van der Waals surface area contributed by atoms with E-state index in [9.17, 15) is 4.39 Å². The molecule has 4 heteroatoms. The van der Waals surface area contributed by atoms with Crippen LogP contribution in [0.3, 0.4) is 0 Å². The largest absolute Gasteiger partial charge is 0.225 e. The fraction of sp³-hybridized carbons (Fsp3) is 0. The van der Waals surface area contributed by atoms with Crippen LogP contribution < -0.4 is 0 Å². The molecule has 0 amide bonds. The van der Waals surface area contributed by atoms with Crippen molar-refractivity contribution in [2.75, 3.05) is 0 Å². The van der Waals surface area contributed by atoms with E-state index in [-0.39, 0.29) is 10.4 Å². The van der Waals surface area contributed by atoms with Crippen molar-refractivity contribution in [3.8, 4) is 0 Å². The van der Waals surface area contributed by atoms with E-state index in [0.29, 0.717) is 5.69 Å². The maximum Gasteiger partial charge on any atom is 0.197 e. The van der Waals surface area contributed by atoms with Crippen LogP contribution in [0.15, 0.2) is 29.3 Å². The summed E-state index contributed by atoms with van der Waals surface area (Å²) in [7, 11) is 0. The van der Waals surface area contributed by atoms with Crippen molar-refractivity contribution in [3.63, 3.8) is 0 Å². The van der Waals surface area contributed by atoms with Crippen molar-refractivity contribution in [2.24, 2.45) is 4.99 Å². The zero-order valence-corrected chi connectivity index (χ0v) is 6.90. The van der Waals surface area contributed by atoms with E-state index in [0.717, 1.165) is 0 Å². The number of hydrogen-bond acceptors (Lipinski definition) is 1. The first-order chi connectivity index (χ1) is 5.18. The number of hydrogen-bond donors (Lipinski definition) is 0. The molecule has 0 N–H and O–H groups in total. The molecule has 0 aromatic heterocycles. The van der Waals surface area contributed by atoms with Gasteiger partial charge < -0.3 is 0 Å². The van der Waals surface area contributed by atoms with E-state index in [1.165, 1.54) is 24.3 Å². The quantitative estimate of drug-likeness (QED) is 0.605. The summed E-state index contributed by atoms with van der Waals surface area (Å²) in [5.74, 6) is -0.311. The summed E-state index contributed by atoms with van der Waals surface area (Å²) in [6, 6.07) is 5.55. The zero-order chi connectivity index (χ0) is 8.27. The van der Waals surface area contributed by atoms with Gasteiger partial charge in [0.2, 0.25) is 0 Å². The van der Waals surface area contributed by atoms with E-state index in [2.05, 4.69) is 4.99 Å². The first-order valence-electron chi connectivity index (χ1n) is 2.84. The molecule has 1 aromatic carbocycles. The predicted octanol–water partition coefficient (Wildman–Crippen LogP) is 3.29. The summed E-state index contributed by atoms with van der Waals surface area (Å²) in [5, 5.41) is 0. The fourth-order valence-electron chi connectivity index (χ4n) is 0.613. The molecule has 1 aromatic rings. The van der Waals surface area contributed by atoms with Crippen molar-refractivity contribution >= 4 is 33.5 Å². The molecule has 11 heavy (non-hydrogen) atoms. The third kappa shape index (κ3) is 2.87. The van der Waals surface area contributed by atoms with Crippen LogP contribution in [-0.4, -0.2) is 4.63 Å². The van der Waals surface area contributed by atoms with Gasteiger partial charge in [0.05, 0.1) is 5.69 Å². The second-order valence-electron chi connectivity index (χ2n) is 1.83. The predicted molar refractivity (Wildman–Crippen MR) is 45.2 cm³/mol. The lowest BCUT2D eigenvalue weighted by molar-refractivity contribution is 0.628. The molecule has 0 spiro atoms. The van der Waals surface area contributed by atoms with Gasteiger partial charge in [-0.05, 0) is 47.5 Å². The minimum atomic E-state index is -0.311. The second kappa shape index (κ2) is 3.69. The van der Waals surface area contributed by atoms with Gasteiger partial charge in [-0.3, -0.25) is 0 Å². The van der Waals surface area contributed by atoms with Gasteiger partial charge in [-0.25, -0.2) is 9.38 Å². The normalized spacial score (nSPS) is 9.36. The number of benzene rings is 1. The lowest BCUT2D eigenvalue weighted by Gasteiger charge is -1.90. The molecular formula is C7H4Cl2FN. The number of aliphatic imine (C=N–C) groups is 1. The van der Waals surface area contributed by atoms with Crippen LogP contribution in [0.1, 0.15) is 0 Å². The highest BCUT2D eigenvalue weighted by molar-refractivity contribution is 6.95. The highest BCUT2D eigenvalue weighted by Gasteiger charge is 1.91. The van der Waals surface area contributed by atoms with E-state index < -0.39 is 0 Å². The van der Waals surface area contributed by atoms with Gasteiger partial charge in [-0.1, -0.05) is 0 Å². The summed E-state index contributed by atoms with van der Waals surface area (Å²) < 4.78 is 12.2. The summed E-state index contributed by atoms with van der Waals surface area (Å²) in [6.07, 6.45) is 0. The monoisotopic (exact) mass is 191 g/mol. The van der Waals surface area contributed by atoms with Crippen molar-refractivity contribution in [1.29, 1.82) is 0 Å². The molecule has 58 valence electrons. The van der Waals surface area contributed by atoms with Gasteiger partial charge in [0.15, 0.2) is 4.63 Å². The molecule has 0 atom stereocenters. The Balaban J connectivity index is 2.91. The molecule has 0 saturated heterocycles. The Morgan fingerprint density at radius 1 is 1.18 bits per heavy atom. The molecule has 0 heterocycles. The van der Waals surface area contributed by atoms with Crippen LogP contribution in [0.4, 0.5) is 10.1 Å². The first kappa shape index (κ1) is 8.50. The summed E-state index contributed by atoms with van der Waals surface area (Å²) in [5.41, 5.74) is 0.534. The average molecular weight is 192 g/mol. The SMILES string of the molecule is Fc1ccc(N=C(Cl)Cl)cc1. The Morgan fingerprint density at radius 3 is 2.18 bits per heavy atom. The average Bonchev–Trinajstić information content (AvgIpc) is 1.93. The van der Waals surface area contributed by atoms with Crippen LogP contribution in [-0.2, 0) is 0 Å². The van der Waals surface area contributed by atoms with Crippen LogP contribution in [0.25, 0.3) is 0 Å². The van der Waals surface area contributed by atoms with E-state index in [1.54, 1.807) is 0 Å². The molecule has 1 rings (SSSR count). The van der Waals surface area contributed by atoms with E-state index in [4.69, 9.17) is 23.2 Å². The minimum absolute atomic E-state index is 0.0865. The molecule has 0 saturated carbocycles. The van der Waals surface area contributed by atoms with Gasteiger partial charge in [-0.15, -0.1) is 0 Å². The highest BCUT2D eigenvalue weighted by atomic mass is 35.5. The Bertz CT molecular complexity index is 264. The molecule has 0 fully saturated rings. The standard InChI is InChI=1S/C7H4Cl2FN/c8-7(9)11-6-3-1-5(10)2-4-6/h1-4H. The highest BCUT2D eigenvalue weighted by Crippen LogP contribution is 2.13. The molecular weight excluding hydrogens is 188 g/mol. The Kier molecular flexibility index (Phi) is 2.85. The van der Waals surface area contributed by atoms with Gasteiger partial charge in [-0.2, -0.15) is 0 Å². The molecule has 0 aliphatic heterocycles. The van der Waals surface area contributed by atoms with Gasteiger partial charge in [0.1, 0.15) is 5.82 Å². The van der Waals surface area contributed by atoms with Crippen molar-refractivity contribution in [2.45, 2.75) is 0 Å². The minimum Gasteiger partial charge on any atom is -0.225 e. The Morgan fingerprint density at radius 2 is 1.73 bits per heavy atom. The fourth-order valence-corrected chi connectivity index (χ4v) is 0.808. The molecule has 1 nitrogen and oxygen atoms in total. The molecule has 0 aliphatic carbocycles. The summed E-state index contributed by atoms with van der Waals surface area (Å²) in [6.45, 7) is 0. The lowest BCUT2D eigenvalue weighted by Crippen LogP contribution is -1.72. The summed E-state index contributed by atoms with van der Waals surface area (Å²) in [4.78, 5) is 3.68. The smallest absolute Gasteiger partial charge is 0.197 e. The molecule has 0 bridgehead atoms. The Hall–Kier alpha value is -0.600. The van der Waals surface area contributed by atoms with Crippen LogP contribution in [0, 0.1) is 5.82 Å². The maximum atomic E-state index is 12.3. The topological polar surface area (TPSA) is 12.4 Å². The molecule has 0 aliphatic rings. The van der Waals surface area contributed by atoms with Crippen molar-refractivity contribution in [3.05, 3.63) is 30.1 Å². The maximum absolute atomic E-state index is 12.3. The van der Waals surface area contributed by atoms with Crippen molar-refractivity contribution in [1.82, 2.24) is 0 Å². The third-order valence-electron chi connectivity index (χ3n) is 1.04. The number of nitrogens with zero attached hydrogens (tertiary/aromatic N) is 1. The Labute approximate surface area is 73.5 Å². The summed E-state index contributed by atoms with van der Waals surface area (Å²) >= 11 is 10.5. The lowest BCUT2D eigenvalue weighted by atomic mass is 10.3. The number of halogens is 3. The third-order valence-corrected chi connectivity index (χ3v) is 1.21. The second-order valence-corrected chi connectivity index (χ2v) is 2.74. The molecule has 0 unspecified atom stereocenters. The van der Waals surface area contributed by atoms with Gasteiger partial charge in [0.25, 0.3) is 0 Å². The van der Waals surface area contributed by atoms with Crippen LogP contribution >= 0.6 is 23.2 Å². The number of rotatable bonds is 1. The molecule has 0 radical (unpaired) electrons. The zero-order valence-electron chi connectivity index (χ0n) is 5.39. The van der Waals surface area contributed by atoms with E-state index >= 15 is 0 Å². The first-order valence-corrected chi connectivity index (χ1v) is 3.59. The van der Waals surface area contributed by atoms with Crippen LogP contribution in [0.2, 0.25) is 0 Å². The van der Waals surface area contributed by atoms with Gasteiger partial charge >= 0.3 is 0 Å². The van der Waals surface area contributed by atoms with Crippen LogP contribution in [0.5, 0.6) is 0 Å².